The zero-order valence-corrected chi connectivity index (χ0v) is 11.6. The molecule has 2 rings (SSSR count). The molecule has 1 N–H and O–H groups in total. The Bertz CT molecular complexity index is 442. The van der Waals surface area contributed by atoms with Crippen molar-refractivity contribution in [2.45, 2.75) is 25.1 Å². The Morgan fingerprint density at radius 1 is 1.59 bits per heavy atom. The number of likely N-dealkylation sites (tertiary alicyclic amines) is 1. The van der Waals surface area contributed by atoms with Gasteiger partial charge in [0.15, 0.2) is 0 Å². The van der Waals surface area contributed by atoms with Crippen molar-refractivity contribution in [1.82, 2.24) is 9.62 Å². The molecule has 1 saturated heterocycles. The Morgan fingerprint density at radius 2 is 2.41 bits per heavy atom. The molecule has 0 spiro atoms. The van der Waals surface area contributed by atoms with Gasteiger partial charge in [0.05, 0.1) is 5.25 Å². The summed E-state index contributed by atoms with van der Waals surface area (Å²) in [6, 6.07) is 4.12. The lowest BCUT2D eigenvalue weighted by atomic mass is 10.4. The molecule has 17 heavy (non-hydrogen) atoms. The second kappa shape index (κ2) is 5.48. The van der Waals surface area contributed by atoms with Gasteiger partial charge in [-0.15, -0.1) is 11.3 Å². The van der Waals surface area contributed by atoms with E-state index in [2.05, 4.69) is 21.1 Å². The van der Waals surface area contributed by atoms with Crippen LogP contribution in [0.1, 0.15) is 18.2 Å². The quantitative estimate of drug-likeness (QED) is 0.879. The van der Waals surface area contributed by atoms with Crippen LogP contribution in [0.4, 0.5) is 0 Å². The van der Waals surface area contributed by atoms with Gasteiger partial charge in [-0.3, -0.25) is 4.90 Å². The zero-order chi connectivity index (χ0) is 12.3. The summed E-state index contributed by atoms with van der Waals surface area (Å²) in [5, 5.41) is 1.81. The number of thiophene rings is 1. The van der Waals surface area contributed by atoms with Gasteiger partial charge >= 0.3 is 0 Å². The molecule has 0 amide bonds. The molecule has 1 aromatic heterocycles. The number of hydrogen-bond donors (Lipinski definition) is 1. The summed E-state index contributed by atoms with van der Waals surface area (Å²) in [5.41, 5.74) is 0. The van der Waals surface area contributed by atoms with Crippen LogP contribution >= 0.6 is 11.3 Å². The molecule has 2 heterocycles. The van der Waals surface area contributed by atoms with E-state index in [0.717, 1.165) is 19.5 Å². The monoisotopic (exact) mass is 274 g/mol. The highest BCUT2D eigenvalue weighted by Gasteiger charge is 2.32. The first-order chi connectivity index (χ1) is 8.12. The fraction of sp³-hybridized carbons (Fsp3) is 0.636. The summed E-state index contributed by atoms with van der Waals surface area (Å²) in [7, 11) is -3.11. The van der Waals surface area contributed by atoms with Crippen LogP contribution in [0.3, 0.4) is 0 Å². The predicted octanol–water partition coefficient (Wildman–Crippen LogP) is 1.26. The fourth-order valence-corrected chi connectivity index (χ4v) is 4.34. The first-order valence-electron chi connectivity index (χ1n) is 5.85. The van der Waals surface area contributed by atoms with E-state index in [0.29, 0.717) is 13.1 Å². The third-order valence-electron chi connectivity index (χ3n) is 2.97. The summed E-state index contributed by atoms with van der Waals surface area (Å²) in [6.45, 7) is 4.68. The van der Waals surface area contributed by atoms with E-state index in [1.54, 1.807) is 11.3 Å². The number of hydrogen-bond acceptors (Lipinski definition) is 4. The average molecular weight is 274 g/mol. The Labute approximate surface area is 107 Å². The van der Waals surface area contributed by atoms with Gasteiger partial charge in [0.2, 0.25) is 10.0 Å². The van der Waals surface area contributed by atoms with E-state index in [-0.39, 0.29) is 5.25 Å². The number of nitrogens with one attached hydrogen (secondary N) is 1. The largest absolute Gasteiger partial charge is 0.297 e. The van der Waals surface area contributed by atoms with Crippen LogP contribution in [0, 0.1) is 0 Å². The SMILES string of the molecule is CCNS(=O)(=O)[C@H]1CCN(Cc2cccs2)C1. The normalized spacial score (nSPS) is 22.1. The molecule has 0 radical (unpaired) electrons. The molecule has 1 aromatic rings. The summed E-state index contributed by atoms with van der Waals surface area (Å²) in [6.07, 6.45) is 0.737. The van der Waals surface area contributed by atoms with Gasteiger partial charge in [-0.1, -0.05) is 13.0 Å². The second-order valence-electron chi connectivity index (χ2n) is 4.27. The van der Waals surface area contributed by atoms with Gasteiger partial charge < -0.3 is 0 Å². The molecular formula is C11H18N2O2S2. The zero-order valence-electron chi connectivity index (χ0n) is 9.93. The molecule has 1 aliphatic rings. The molecule has 0 aromatic carbocycles. The first-order valence-corrected chi connectivity index (χ1v) is 8.27. The fourth-order valence-electron chi connectivity index (χ4n) is 2.14. The number of rotatable bonds is 5. The van der Waals surface area contributed by atoms with E-state index in [4.69, 9.17) is 0 Å². The molecule has 0 unspecified atom stereocenters. The van der Waals surface area contributed by atoms with Crippen molar-refractivity contribution in [2.75, 3.05) is 19.6 Å². The lowest BCUT2D eigenvalue weighted by molar-refractivity contribution is 0.334. The third-order valence-corrected chi connectivity index (χ3v) is 5.79. The van der Waals surface area contributed by atoms with Crippen LogP contribution in [0.5, 0.6) is 0 Å². The minimum atomic E-state index is -3.11. The smallest absolute Gasteiger partial charge is 0.215 e. The van der Waals surface area contributed by atoms with Crippen molar-refractivity contribution in [3.05, 3.63) is 22.4 Å². The van der Waals surface area contributed by atoms with E-state index in [9.17, 15) is 8.42 Å². The Balaban J connectivity index is 1.91. The first kappa shape index (κ1) is 13.0. The molecule has 6 heteroatoms. The van der Waals surface area contributed by atoms with Crippen LogP contribution in [-0.4, -0.2) is 38.2 Å². The van der Waals surface area contributed by atoms with Crippen LogP contribution in [0.2, 0.25) is 0 Å². The maximum atomic E-state index is 11.8. The van der Waals surface area contributed by atoms with E-state index < -0.39 is 10.0 Å². The molecular weight excluding hydrogens is 256 g/mol. The number of sulfonamides is 1. The molecule has 0 saturated carbocycles. The molecule has 4 nitrogen and oxygen atoms in total. The predicted molar refractivity (Wildman–Crippen MR) is 70.6 cm³/mol. The lowest BCUT2D eigenvalue weighted by Crippen LogP contribution is -2.36. The maximum absolute atomic E-state index is 11.8. The summed E-state index contributed by atoms with van der Waals surface area (Å²) in [5.74, 6) is 0. The lowest BCUT2D eigenvalue weighted by Gasteiger charge is -2.15. The minimum Gasteiger partial charge on any atom is -0.297 e. The van der Waals surface area contributed by atoms with Crippen LogP contribution in [0.15, 0.2) is 17.5 Å². The Morgan fingerprint density at radius 3 is 3.06 bits per heavy atom. The third kappa shape index (κ3) is 3.28. The maximum Gasteiger partial charge on any atom is 0.215 e. The molecule has 1 fully saturated rings. The van der Waals surface area contributed by atoms with Crippen LogP contribution in [0.25, 0.3) is 0 Å². The van der Waals surface area contributed by atoms with Crippen molar-refractivity contribution < 1.29 is 8.42 Å². The van der Waals surface area contributed by atoms with Gasteiger partial charge in [0.25, 0.3) is 0 Å². The van der Waals surface area contributed by atoms with Crippen molar-refractivity contribution in [2.24, 2.45) is 0 Å². The standard InChI is InChI=1S/C11H18N2O2S2/c1-2-12-17(14,15)11-5-6-13(9-11)8-10-4-3-7-16-10/h3-4,7,11-12H,2,5-6,8-9H2,1H3/t11-/m0/s1. The van der Waals surface area contributed by atoms with Crippen molar-refractivity contribution in [3.63, 3.8) is 0 Å². The highest BCUT2D eigenvalue weighted by molar-refractivity contribution is 7.90. The number of nitrogens with zero attached hydrogens (tertiary/aromatic N) is 1. The Kier molecular flexibility index (Phi) is 4.19. The highest BCUT2D eigenvalue weighted by atomic mass is 32.2. The molecule has 0 bridgehead atoms. The van der Waals surface area contributed by atoms with Crippen LogP contribution in [-0.2, 0) is 16.6 Å². The van der Waals surface area contributed by atoms with E-state index >= 15 is 0 Å². The molecule has 96 valence electrons. The van der Waals surface area contributed by atoms with E-state index in [1.165, 1.54) is 4.88 Å². The van der Waals surface area contributed by atoms with Gasteiger partial charge in [-0.2, -0.15) is 0 Å². The molecule has 1 aliphatic heterocycles. The van der Waals surface area contributed by atoms with Gasteiger partial charge in [0.1, 0.15) is 0 Å². The topological polar surface area (TPSA) is 49.4 Å². The molecule has 1 atom stereocenters. The van der Waals surface area contributed by atoms with Crippen molar-refractivity contribution >= 4 is 21.4 Å². The summed E-state index contributed by atoms with van der Waals surface area (Å²) in [4.78, 5) is 3.51. The highest BCUT2D eigenvalue weighted by Crippen LogP contribution is 2.20. The van der Waals surface area contributed by atoms with Gasteiger partial charge in [0, 0.05) is 24.5 Å². The molecule has 0 aliphatic carbocycles. The van der Waals surface area contributed by atoms with Crippen LogP contribution < -0.4 is 4.72 Å². The summed E-state index contributed by atoms with van der Waals surface area (Å²) < 4.78 is 26.3. The minimum absolute atomic E-state index is 0.248. The summed E-state index contributed by atoms with van der Waals surface area (Å²) >= 11 is 1.72. The van der Waals surface area contributed by atoms with Crippen molar-refractivity contribution in [1.29, 1.82) is 0 Å². The average Bonchev–Trinajstić information content (AvgIpc) is 2.89. The second-order valence-corrected chi connectivity index (χ2v) is 7.35. The van der Waals surface area contributed by atoms with Gasteiger partial charge in [-0.05, 0) is 24.4 Å². The van der Waals surface area contributed by atoms with Gasteiger partial charge in [-0.25, -0.2) is 13.1 Å². The Hall–Kier alpha value is -0.430. The van der Waals surface area contributed by atoms with Crippen molar-refractivity contribution in [3.8, 4) is 0 Å². The van der Waals surface area contributed by atoms with E-state index in [1.807, 2.05) is 13.0 Å².